The van der Waals surface area contributed by atoms with Crippen LogP contribution in [0.2, 0.25) is 0 Å². The molecule has 0 aliphatic carbocycles. The number of thioether (sulfide) groups is 1. The van der Waals surface area contributed by atoms with Crippen molar-refractivity contribution in [2.45, 2.75) is 25.5 Å². The minimum absolute atomic E-state index is 0.207. The zero-order valence-electron chi connectivity index (χ0n) is 11.9. The monoisotopic (exact) mass is 307 g/mol. The Morgan fingerprint density at radius 1 is 1.29 bits per heavy atom. The van der Waals surface area contributed by atoms with Gasteiger partial charge in [-0.3, -0.25) is 4.79 Å². The highest BCUT2D eigenvalue weighted by molar-refractivity contribution is 7.99. The van der Waals surface area contributed by atoms with Crippen LogP contribution in [0, 0.1) is 0 Å². The van der Waals surface area contributed by atoms with E-state index in [1.165, 1.54) is 11.8 Å². The Morgan fingerprint density at radius 2 is 2.00 bits per heavy atom. The second kappa shape index (κ2) is 7.12. The molecule has 1 aromatic heterocycles. The number of hydrogen-bond donors (Lipinski definition) is 1. The van der Waals surface area contributed by atoms with E-state index in [-0.39, 0.29) is 17.5 Å². The first-order chi connectivity index (χ1) is 10.2. The summed E-state index contributed by atoms with van der Waals surface area (Å²) >= 11 is 1.30. The van der Waals surface area contributed by atoms with E-state index in [9.17, 15) is 9.90 Å². The molecule has 0 atom stereocenters. The van der Waals surface area contributed by atoms with Crippen molar-refractivity contribution in [1.29, 1.82) is 0 Å². The second-order valence-corrected chi connectivity index (χ2v) is 5.13. The average molecular weight is 307 g/mol. The molecule has 6 nitrogen and oxygen atoms in total. The zero-order valence-corrected chi connectivity index (χ0v) is 12.8. The lowest BCUT2D eigenvalue weighted by Crippen LogP contribution is -2.08. The lowest BCUT2D eigenvalue weighted by atomic mass is 10.2. The molecule has 0 fully saturated rings. The van der Waals surface area contributed by atoms with Gasteiger partial charge in [0, 0.05) is 12.1 Å². The van der Waals surface area contributed by atoms with E-state index in [0.29, 0.717) is 24.1 Å². The fraction of sp³-hybridized carbons (Fsp3) is 0.357. The minimum atomic E-state index is -0.265. The largest absolute Gasteiger partial charge is 0.508 e. The highest BCUT2D eigenvalue weighted by Crippen LogP contribution is 2.25. The number of hydrogen-bond acceptors (Lipinski definition) is 6. The van der Waals surface area contributed by atoms with Gasteiger partial charge in [-0.15, -0.1) is 10.2 Å². The van der Waals surface area contributed by atoms with Crippen LogP contribution in [0.4, 0.5) is 0 Å². The van der Waals surface area contributed by atoms with Gasteiger partial charge in [0.25, 0.3) is 0 Å². The first-order valence-corrected chi connectivity index (χ1v) is 7.65. The maximum atomic E-state index is 11.4. The molecule has 0 unspecified atom stereocenters. The van der Waals surface area contributed by atoms with Crippen LogP contribution in [-0.4, -0.2) is 38.2 Å². The highest BCUT2D eigenvalue weighted by Gasteiger charge is 2.14. The lowest BCUT2D eigenvalue weighted by Gasteiger charge is -2.07. The zero-order chi connectivity index (χ0) is 15.2. The third kappa shape index (κ3) is 3.75. The Bertz CT molecular complexity index is 610. The minimum Gasteiger partial charge on any atom is -0.508 e. The van der Waals surface area contributed by atoms with Crippen molar-refractivity contribution in [2.24, 2.45) is 0 Å². The molecule has 112 valence electrons. The lowest BCUT2D eigenvalue weighted by molar-refractivity contribution is -0.139. The molecule has 0 bridgehead atoms. The highest BCUT2D eigenvalue weighted by atomic mass is 32.2. The van der Waals surface area contributed by atoms with Crippen LogP contribution in [0.3, 0.4) is 0 Å². The fourth-order valence-corrected chi connectivity index (χ4v) is 2.63. The van der Waals surface area contributed by atoms with Gasteiger partial charge in [0.1, 0.15) is 5.75 Å². The maximum Gasteiger partial charge on any atom is 0.316 e. The standard InChI is InChI=1S/C14H17N3O3S/c1-3-17-13(10-5-7-11(18)8-6-10)15-16-14(17)21-9-12(19)20-4-2/h5-8,18H,3-4,9H2,1-2H3. The Kier molecular flexibility index (Phi) is 5.21. The third-order valence-corrected chi connectivity index (χ3v) is 3.72. The molecule has 0 saturated heterocycles. The SMILES string of the molecule is CCOC(=O)CSc1nnc(-c2ccc(O)cc2)n1CC. The van der Waals surface area contributed by atoms with Crippen LogP contribution in [-0.2, 0) is 16.1 Å². The summed E-state index contributed by atoms with van der Waals surface area (Å²) in [6.07, 6.45) is 0. The van der Waals surface area contributed by atoms with Gasteiger partial charge in [0.05, 0.1) is 12.4 Å². The summed E-state index contributed by atoms with van der Waals surface area (Å²) in [5.74, 6) is 0.864. The van der Waals surface area contributed by atoms with E-state index in [1.807, 2.05) is 11.5 Å². The predicted molar refractivity (Wildman–Crippen MR) is 80.2 cm³/mol. The van der Waals surface area contributed by atoms with Crippen molar-refractivity contribution < 1.29 is 14.6 Å². The number of benzene rings is 1. The Balaban J connectivity index is 2.18. The summed E-state index contributed by atoms with van der Waals surface area (Å²) in [6, 6.07) is 6.78. The van der Waals surface area contributed by atoms with Crippen molar-refractivity contribution in [3.05, 3.63) is 24.3 Å². The molecule has 2 rings (SSSR count). The van der Waals surface area contributed by atoms with Crippen molar-refractivity contribution in [3.8, 4) is 17.1 Å². The summed E-state index contributed by atoms with van der Waals surface area (Å²) in [5, 5.41) is 18.3. The van der Waals surface area contributed by atoms with Crippen LogP contribution in [0.5, 0.6) is 5.75 Å². The number of ether oxygens (including phenoxy) is 1. The Morgan fingerprint density at radius 3 is 2.62 bits per heavy atom. The van der Waals surface area contributed by atoms with Gasteiger partial charge in [-0.25, -0.2) is 0 Å². The number of aromatic hydroxyl groups is 1. The van der Waals surface area contributed by atoms with E-state index in [2.05, 4.69) is 10.2 Å². The predicted octanol–water partition coefficient (Wildman–Crippen LogP) is 2.33. The maximum absolute atomic E-state index is 11.4. The molecule has 0 spiro atoms. The van der Waals surface area contributed by atoms with Crippen molar-refractivity contribution in [3.63, 3.8) is 0 Å². The molecular weight excluding hydrogens is 290 g/mol. The molecular formula is C14H17N3O3S. The molecule has 0 saturated carbocycles. The van der Waals surface area contributed by atoms with Gasteiger partial charge in [0.2, 0.25) is 0 Å². The molecule has 0 aliphatic heterocycles. The van der Waals surface area contributed by atoms with E-state index < -0.39 is 0 Å². The van der Waals surface area contributed by atoms with E-state index >= 15 is 0 Å². The van der Waals surface area contributed by atoms with Crippen LogP contribution in [0.1, 0.15) is 13.8 Å². The number of carbonyl (C=O) groups is 1. The quantitative estimate of drug-likeness (QED) is 0.652. The van der Waals surface area contributed by atoms with Crippen molar-refractivity contribution in [1.82, 2.24) is 14.8 Å². The van der Waals surface area contributed by atoms with E-state index in [4.69, 9.17) is 4.74 Å². The Labute approximate surface area is 127 Å². The van der Waals surface area contributed by atoms with Gasteiger partial charge < -0.3 is 14.4 Å². The number of esters is 1. The van der Waals surface area contributed by atoms with Gasteiger partial charge in [-0.05, 0) is 38.1 Å². The van der Waals surface area contributed by atoms with Crippen molar-refractivity contribution >= 4 is 17.7 Å². The van der Waals surface area contributed by atoms with Crippen LogP contribution in [0.25, 0.3) is 11.4 Å². The van der Waals surface area contributed by atoms with Crippen molar-refractivity contribution in [2.75, 3.05) is 12.4 Å². The van der Waals surface area contributed by atoms with E-state index in [0.717, 1.165) is 5.56 Å². The van der Waals surface area contributed by atoms with Gasteiger partial charge >= 0.3 is 5.97 Å². The molecule has 0 aliphatic rings. The smallest absolute Gasteiger partial charge is 0.316 e. The number of carbonyl (C=O) groups excluding carboxylic acids is 1. The summed E-state index contributed by atoms with van der Waals surface area (Å²) < 4.78 is 6.82. The van der Waals surface area contributed by atoms with E-state index in [1.54, 1.807) is 31.2 Å². The van der Waals surface area contributed by atoms with Gasteiger partial charge in [-0.2, -0.15) is 0 Å². The second-order valence-electron chi connectivity index (χ2n) is 4.19. The molecule has 1 heterocycles. The number of aromatic nitrogens is 3. The number of rotatable bonds is 6. The van der Waals surface area contributed by atoms with Gasteiger partial charge in [-0.1, -0.05) is 11.8 Å². The summed E-state index contributed by atoms with van der Waals surface area (Å²) in [4.78, 5) is 11.4. The molecule has 2 aromatic rings. The average Bonchev–Trinajstić information content (AvgIpc) is 2.89. The van der Waals surface area contributed by atoms with Crippen LogP contribution in [0.15, 0.2) is 29.4 Å². The Hall–Kier alpha value is -2.02. The number of phenols is 1. The van der Waals surface area contributed by atoms with Crippen LogP contribution >= 0.6 is 11.8 Å². The first-order valence-electron chi connectivity index (χ1n) is 6.66. The molecule has 1 N–H and O–H groups in total. The molecule has 21 heavy (non-hydrogen) atoms. The number of nitrogens with zero attached hydrogens (tertiary/aromatic N) is 3. The third-order valence-electron chi connectivity index (χ3n) is 2.78. The fourth-order valence-electron chi connectivity index (χ4n) is 1.83. The molecule has 0 amide bonds. The molecule has 1 aromatic carbocycles. The molecule has 7 heteroatoms. The summed E-state index contributed by atoms with van der Waals surface area (Å²) in [7, 11) is 0. The summed E-state index contributed by atoms with van der Waals surface area (Å²) in [5.41, 5.74) is 0.866. The van der Waals surface area contributed by atoms with Gasteiger partial charge in [0.15, 0.2) is 11.0 Å². The topological polar surface area (TPSA) is 77.2 Å². The number of phenolic OH excluding ortho intramolecular Hbond substituents is 1. The normalized spacial score (nSPS) is 10.6. The van der Waals surface area contributed by atoms with Crippen LogP contribution < -0.4 is 0 Å². The molecule has 0 radical (unpaired) electrons. The summed E-state index contributed by atoms with van der Waals surface area (Å²) in [6.45, 7) is 4.83. The first kappa shape index (κ1) is 15.4.